The van der Waals surface area contributed by atoms with E-state index in [1.54, 1.807) is 12.1 Å². The summed E-state index contributed by atoms with van der Waals surface area (Å²) in [5.41, 5.74) is 1.11. The highest BCUT2D eigenvalue weighted by molar-refractivity contribution is 14.1. The number of hydrogen-bond acceptors (Lipinski definition) is 1. The molecule has 4 heteroatoms. The molecular formula is C13H9Cl2IO. The van der Waals surface area contributed by atoms with E-state index < -0.39 is 0 Å². The number of benzene rings is 2. The molecule has 0 aliphatic rings. The van der Waals surface area contributed by atoms with Gasteiger partial charge < -0.3 is 4.74 Å². The van der Waals surface area contributed by atoms with E-state index in [4.69, 9.17) is 27.9 Å². The van der Waals surface area contributed by atoms with Crippen molar-refractivity contribution in [3.8, 4) is 5.75 Å². The molecule has 0 aromatic heterocycles. The highest BCUT2D eigenvalue weighted by Gasteiger charge is 2.09. The van der Waals surface area contributed by atoms with Crippen LogP contribution in [0.5, 0.6) is 5.75 Å². The average Bonchev–Trinajstić information content (AvgIpc) is 2.36. The first-order valence-corrected chi connectivity index (χ1v) is 6.82. The zero-order valence-electron chi connectivity index (χ0n) is 8.79. The maximum atomic E-state index is 6.15. The van der Waals surface area contributed by atoms with E-state index in [1.165, 1.54) is 0 Å². The van der Waals surface area contributed by atoms with E-state index in [0.717, 1.165) is 9.13 Å². The fraction of sp³-hybridized carbons (Fsp3) is 0.0769. The molecule has 0 unspecified atom stereocenters. The van der Waals surface area contributed by atoms with E-state index >= 15 is 0 Å². The second kappa shape index (κ2) is 5.94. The smallest absolute Gasteiger partial charge is 0.139 e. The normalized spacial score (nSPS) is 10.3. The zero-order chi connectivity index (χ0) is 12.3. The minimum Gasteiger partial charge on any atom is -0.487 e. The van der Waals surface area contributed by atoms with Crippen LogP contribution in [0.15, 0.2) is 42.5 Å². The Morgan fingerprint density at radius 3 is 2.41 bits per heavy atom. The molecule has 2 aromatic carbocycles. The lowest BCUT2D eigenvalue weighted by Crippen LogP contribution is -1.96. The van der Waals surface area contributed by atoms with Gasteiger partial charge in [0.05, 0.1) is 13.6 Å². The van der Waals surface area contributed by atoms with Crippen LogP contribution in [0.2, 0.25) is 10.0 Å². The monoisotopic (exact) mass is 378 g/mol. The Balaban J connectivity index is 2.13. The molecule has 0 aliphatic heterocycles. The molecular weight excluding hydrogens is 370 g/mol. The van der Waals surface area contributed by atoms with Gasteiger partial charge in [-0.3, -0.25) is 0 Å². The van der Waals surface area contributed by atoms with E-state index in [1.807, 2.05) is 30.3 Å². The molecule has 17 heavy (non-hydrogen) atoms. The van der Waals surface area contributed by atoms with Crippen molar-refractivity contribution in [3.05, 3.63) is 61.6 Å². The lowest BCUT2D eigenvalue weighted by atomic mass is 10.2. The third-order valence-corrected chi connectivity index (χ3v) is 4.69. The average molecular weight is 379 g/mol. The molecule has 2 rings (SSSR count). The summed E-state index contributed by atoms with van der Waals surface area (Å²) in [6.45, 7) is 0.498. The van der Waals surface area contributed by atoms with Crippen molar-refractivity contribution in [1.82, 2.24) is 0 Å². The molecule has 88 valence electrons. The van der Waals surface area contributed by atoms with E-state index in [2.05, 4.69) is 22.6 Å². The summed E-state index contributed by atoms with van der Waals surface area (Å²) in [4.78, 5) is 0. The third-order valence-electron chi connectivity index (χ3n) is 2.24. The molecule has 1 nitrogen and oxygen atoms in total. The number of ether oxygens (including phenoxy) is 1. The van der Waals surface area contributed by atoms with Crippen LogP contribution in [0.4, 0.5) is 0 Å². The Kier molecular flexibility index (Phi) is 4.54. The number of halogens is 3. The van der Waals surface area contributed by atoms with Crippen LogP contribution in [0.25, 0.3) is 0 Å². The number of hydrogen-bond donors (Lipinski definition) is 0. The predicted octanol–water partition coefficient (Wildman–Crippen LogP) is 5.18. The summed E-state index contributed by atoms with van der Waals surface area (Å²) in [5, 5.41) is 1.21. The van der Waals surface area contributed by atoms with Gasteiger partial charge in [-0.05, 0) is 40.3 Å². The molecule has 0 fully saturated rings. The Morgan fingerprint density at radius 1 is 1.00 bits per heavy atom. The van der Waals surface area contributed by atoms with Gasteiger partial charge in [0, 0.05) is 0 Å². The fourth-order valence-electron chi connectivity index (χ4n) is 1.35. The third kappa shape index (κ3) is 3.27. The topological polar surface area (TPSA) is 9.23 Å². The SMILES string of the molecule is Clc1ccc(OCc2ccccc2)c(Cl)c1I. The quantitative estimate of drug-likeness (QED) is 0.528. The van der Waals surface area contributed by atoms with Crippen molar-refractivity contribution >= 4 is 45.8 Å². The summed E-state index contributed by atoms with van der Waals surface area (Å²) >= 11 is 14.2. The number of rotatable bonds is 3. The molecule has 0 heterocycles. The van der Waals surface area contributed by atoms with Gasteiger partial charge in [0.1, 0.15) is 12.4 Å². The van der Waals surface area contributed by atoms with Crippen LogP contribution in [0.3, 0.4) is 0 Å². The highest BCUT2D eigenvalue weighted by atomic mass is 127. The Bertz CT molecular complexity index is 514. The standard InChI is InChI=1S/C13H9Cl2IO/c14-10-6-7-11(12(15)13(10)16)17-8-9-4-2-1-3-5-9/h1-7H,8H2. The second-order valence-electron chi connectivity index (χ2n) is 3.45. The van der Waals surface area contributed by atoms with Gasteiger partial charge in [0.15, 0.2) is 0 Å². The van der Waals surface area contributed by atoms with Crippen LogP contribution in [-0.4, -0.2) is 0 Å². The molecule has 0 amide bonds. The maximum Gasteiger partial charge on any atom is 0.139 e. The van der Waals surface area contributed by atoms with Crippen molar-refractivity contribution in [2.45, 2.75) is 6.61 Å². The Labute approximate surface area is 124 Å². The van der Waals surface area contributed by atoms with Crippen LogP contribution < -0.4 is 4.74 Å². The maximum absolute atomic E-state index is 6.15. The summed E-state index contributed by atoms with van der Waals surface area (Å²) in [5.74, 6) is 0.657. The minimum absolute atomic E-state index is 0.498. The zero-order valence-corrected chi connectivity index (χ0v) is 12.5. The second-order valence-corrected chi connectivity index (χ2v) is 5.31. The Morgan fingerprint density at radius 2 is 1.71 bits per heavy atom. The summed E-state index contributed by atoms with van der Waals surface area (Å²) in [6, 6.07) is 13.5. The first kappa shape index (κ1) is 13.0. The van der Waals surface area contributed by atoms with Gasteiger partial charge in [0.25, 0.3) is 0 Å². The molecule has 0 saturated carbocycles. The summed E-state index contributed by atoms with van der Waals surface area (Å²) < 4.78 is 6.48. The molecule has 0 bridgehead atoms. The van der Waals surface area contributed by atoms with E-state index in [0.29, 0.717) is 22.4 Å². The van der Waals surface area contributed by atoms with Gasteiger partial charge >= 0.3 is 0 Å². The molecule has 0 aliphatic carbocycles. The predicted molar refractivity (Wildman–Crippen MR) is 80.0 cm³/mol. The fourth-order valence-corrected chi connectivity index (χ4v) is 2.23. The highest BCUT2D eigenvalue weighted by Crippen LogP contribution is 2.34. The van der Waals surface area contributed by atoms with Gasteiger partial charge in [-0.1, -0.05) is 53.5 Å². The van der Waals surface area contributed by atoms with Crippen molar-refractivity contribution in [2.75, 3.05) is 0 Å². The molecule has 0 saturated heterocycles. The van der Waals surface area contributed by atoms with Crippen molar-refractivity contribution in [1.29, 1.82) is 0 Å². The first-order valence-electron chi connectivity index (χ1n) is 4.98. The van der Waals surface area contributed by atoms with Crippen LogP contribution in [-0.2, 0) is 6.61 Å². The van der Waals surface area contributed by atoms with Crippen molar-refractivity contribution in [2.24, 2.45) is 0 Å². The Hall–Kier alpha value is -0.450. The minimum atomic E-state index is 0.498. The van der Waals surface area contributed by atoms with E-state index in [9.17, 15) is 0 Å². The summed E-state index contributed by atoms with van der Waals surface area (Å²) in [7, 11) is 0. The van der Waals surface area contributed by atoms with Crippen molar-refractivity contribution < 1.29 is 4.74 Å². The molecule has 0 spiro atoms. The first-order chi connectivity index (χ1) is 8.18. The van der Waals surface area contributed by atoms with Gasteiger partial charge in [0.2, 0.25) is 0 Å². The largest absolute Gasteiger partial charge is 0.487 e. The van der Waals surface area contributed by atoms with Crippen LogP contribution >= 0.6 is 45.8 Å². The van der Waals surface area contributed by atoms with Gasteiger partial charge in [-0.15, -0.1) is 0 Å². The lowest BCUT2D eigenvalue weighted by Gasteiger charge is -2.09. The van der Waals surface area contributed by atoms with E-state index in [-0.39, 0.29) is 0 Å². The molecule has 0 radical (unpaired) electrons. The molecule has 2 aromatic rings. The molecule has 0 N–H and O–H groups in total. The molecule has 0 atom stereocenters. The lowest BCUT2D eigenvalue weighted by molar-refractivity contribution is 0.306. The van der Waals surface area contributed by atoms with Gasteiger partial charge in [-0.2, -0.15) is 0 Å². The van der Waals surface area contributed by atoms with Gasteiger partial charge in [-0.25, -0.2) is 0 Å². The summed E-state index contributed by atoms with van der Waals surface area (Å²) in [6.07, 6.45) is 0. The van der Waals surface area contributed by atoms with Crippen molar-refractivity contribution in [3.63, 3.8) is 0 Å². The van der Waals surface area contributed by atoms with Crippen LogP contribution in [0.1, 0.15) is 5.56 Å². The van der Waals surface area contributed by atoms with Crippen LogP contribution in [0, 0.1) is 3.57 Å².